The quantitative estimate of drug-likeness (QED) is 0.689. The van der Waals surface area contributed by atoms with Crippen molar-refractivity contribution in [2.24, 2.45) is 0 Å². The minimum atomic E-state index is -0.278. The van der Waals surface area contributed by atoms with Crippen LogP contribution in [0.25, 0.3) is 0 Å². The van der Waals surface area contributed by atoms with E-state index in [1.807, 2.05) is 46.2 Å². The molecule has 0 radical (unpaired) electrons. The molecule has 2 heterocycles. The van der Waals surface area contributed by atoms with Crippen molar-refractivity contribution >= 4 is 29.1 Å². The van der Waals surface area contributed by atoms with E-state index in [1.165, 1.54) is 5.56 Å². The van der Waals surface area contributed by atoms with Gasteiger partial charge < -0.3 is 19.4 Å². The Kier molecular flexibility index (Phi) is 6.60. The topological polar surface area (TPSA) is 53.1 Å². The van der Waals surface area contributed by atoms with Crippen molar-refractivity contribution in [3.05, 3.63) is 58.6 Å². The van der Waals surface area contributed by atoms with Crippen LogP contribution < -0.4 is 9.64 Å². The number of hydrogen-bond acceptors (Lipinski definition) is 4. The van der Waals surface area contributed by atoms with Crippen LogP contribution in [0.1, 0.15) is 35.8 Å². The molecule has 2 aliphatic rings. The number of halogens is 1. The highest BCUT2D eigenvalue weighted by molar-refractivity contribution is 6.31. The first kappa shape index (κ1) is 22.5. The third-order valence-corrected chi connectivity index (χ3v) is 6.86. The van der Waals surface area contributed by atoms with Crippen LogP contribution >= 0.6 is 11.6 Å². The second-order valence-corrected chi connectivity index (χ2v) is 9.20. The molecular weight excluding hydrogens is 426 g/mol. The maximum absolute atomic E-state index is 13.5. The normalized spacial score (nSPS) is 18.4. The van der Waals surface area contributed by atoms with Crippen molar-refractivity contribution in [1.29, 1.82) is 0 Å². The Morgan fingerprint density at radius 1 is 1.09 bits per heavy atom. The highest BCUT2D eigenvalue weighted by Crippen LogP contribution is 2.40. The van der Waals surface area contributed by atoms with Gasteiger partial charge >= 0.3 is 0 Å². The minimum absolute atomic E-state index is 0.00153. The molecule has 7 heteroatoms. The zero-order chi connectivity index (χ0) is 22.8. The number of likely N-dealkylation sites (tertiary alicyclic amines) is 1. The molecule has 0 aliphatic carbocycles. The van der Waals surface area contributed by atoms with Gasteiger partial charge in [0.05, 0.1) is 19.6 Å². The summed E-state index contributed by atoms with van der Waals surface area (Å²) in [6, 6.07) is 13.8. The summed E-state index contributed by atoms with van der Waals surface area (Å²) in [5.41, 5.74) is 3.06. The summed E-state index contributed by atoms with van der Waals surface area (Å²) < 4.78 is 5.54. The van der Waals surface area contributed by atoms with Gasteiger partial charge in [-0.15, -0.1) is 0 Å². The van der Waals surface area contributed by atoms with Gasteiger partial charge in [-0.05, 0) is 48.1 Å². The molecule has 1 saturated heterocycles. The highest BCUT2D eigenvalue weighted by Gasteiger charge is 2.38. The predicted molar refractivity (Wildman–Crippen MR) is 127 cm³/mol. The summed E-state index contributed by atoms with van der Waals surface area (Å²) in [5, 5.41) is 0.608. The van der Waals surface area contributed by atoms with Crippen LogP contribution in [-0.4, -0.2) is 69.0 Å². The SMILES string of the molecule is COc1ccccc1C1CCN(C(=O)C2CN(CC(=O)N(C)C)c3cc(Cl)ccc32)CC1. The summed E-state index contributed by atoms with van der Waals surface area (Å²) >= 11 is 6.24. The van der Waals surface area contributed by atoms with Crippen LogP contribution in [0.15, 0.2) is 42.5 Å². The van der Waals surface area contributed by atoms with Gasteiger partial charge in [0.25, 0.3) is 0 Å². The van der Waals surface area contributed by atoms with E-state index in [0.29, 0.717) is 17.5 Å². The summed E-state index contributed by atoms with van der Waals surface area (Å²) in [5.74, 6) is 1.16. The number of para-hydroxylation sites is 1. The number of ether oxygens (including phenoxy) is 1. The van der Waals surface area contributed by atoms with E-state index in [9.17, 15) is 9.59 Å². The van der Waals surface area contributed by atoms with Crippen LogP contribution in [0.5, 0.6) is 5.75 Å². The molecule has 0 N–H and O–H groups in total. The summed E-state index contributed by atoms with van der Waals surface area (Å²) in [7, 11) is 5.19. The van der Waals surface area contributed by atoms with Gasteiger partial charge in [-0.3, -0.25) is 9.59 Å². The number of fused-ring (bicyclic) bond motifs is 1. The lowest BCUT2D eigenvalue weighted by Crippen LogP contribution is -2.42. The molecule has 0 saturated carbocycles. The summed E-state index contributed by atoms with van der Waals surface area (Å²) in [6.07, 6.45) is 1.82. The van der Waals surface area contributed by atoms with Gasteiger partial charge in [0.2, 0.25) is 11.8 Å². The molecule has 32 heavy (non-hydrogen) atoms. The average molecular weight is 456 g/mol. The maximum Gasteiger partial charge on any atom is 0.241 e. The Bertz CT molecular complexity index is 1000. The van der Waals surface area contributed by atoms with E-state index in [4.69, 9.17) is 16.3 Å². The number of benzene rings is 2. The van der Waals surface area contributed by atoms with E-state index in [-0.39, 0.29) is 24.3 Å². The number of likely N-dealkylation sites (N-methyl/N-ethyl adjacent to an activating group) is 1. The standard InChI is InChI=1S/C25H30ClN3O3/c1-27(2)24(30)16-29-15-21(20-9-8-18(26)14-22(20)29)25(31)28-12-10-17(11-13-28)19-6-4-5-7-23(19)32-3/h4-9,14,17,21H,10-13,15-16H2,1-3H3. The second kappa shape index (κ2) is 9.41. The summed E-state index contributed by atoms with van der Waals surface area (Å²) in [4.78, 5) is 31.4. The number of piperidine rings is 1. The number of methoxy groups -OCH3 is 1. The molecule has 1 fully saturated rings. The number of hydrogen-bond donors (Lipinski definition) is 0. The first-order valence-corrected chi connectivity index (χ1v) is 11.4. The van der Waals surface area contributed by atoms with E-state index in [0.717, 1.165) is 42.9 Å². The molecule has 1 atom stereocenters. The zero-order valence-corrected chi connectivity index (χ0v) is 19.6. The fourth-order valence-corrected chi connectivity index (χ4v) is 4.97. The largest absolute Gasteiger partial charge is 0.496 e. The summed E-state index contributed by atoms with van der Waals surface area (Å²) in [6.45, 7) is 2.18. The molecule has 170 valence electrons. The van der Waals surface area contributed by atoms with Gasteiger partial charge in [0.15, 0.2) is 0 Å². The monoisotopic (exact) mass is 455 g/mol. The van der Waals surface area contributed by atoms with Crippen LogP contribution in [0.4, 0.5) is 5.69 Å². The molecule has 0 bridgehead atoms. The molecule has 2 amide bonds. The highest BCUT2D eigenvalue weighted by atomic mass is 35.5. The van der Waals surface area contributed by atoms with Crippen LogP contribution in [0, 0.1) is 0 Å². The van der Waals surface area contributed by atoms with Crippen LogP contribution in [-0.2, 0) is 9.59 Å². The number of carbonyl (C=O) groups is 2. The molecule has 6 nitrogen and oxygen atoms in total. The third kappa shape index (κ3) is 4.42. The lowest BCUT2D eigenvalue weighted by molar-refractivity contribution is -0.133. The Balaban J connectivity index is 1.47. The molecular formula is C25H30ClN3O3. The van der Waals surface area contributed by atoms with Crippen molar-refractivity contribution in [1.82, 2.24) is 9.80 Å². The number of nitrogens with zero attached hydrogens (tertiary/aromatic N) is 3. The van der Waals surface area contributed by atoms with Crippen LogP contribution in [0.3, 0.4) is 0 Å². The molecule has 2 aromatic rings. The van der Waals surface area contributed by atoms with Gasteiger partial charge in [-0.25, -0.2) is 0 Å². The first-order valence-electron chi connectivity index (χ1n) is 11.0. The van der Waals surface area contributed by atoms with Crippen molar-refractivity contribution in [3.8, 4) is 5.75 Å². The van der Waals surface area contributed by atoms with Crippen molar-refractivity contribution < 1.29 is 14.3 Å². The molecule has 4 rings (SSSR count). The van der Waals surface area contributed by atoms with Gasteiger partial charge in [-0.1, -0.05) is 35.9 Å². The Morgan fingerprint density at radius 3 is 2.50 bits per heavy atom. The van der Waals surface area contributed by atoms with E-state index >= 15 is 0 Å². The number of carbonyl (C=O) groups excluding carboxylic acids is 2. The first-order chi connectivity index (χ1) is 15.4. The number of amides is 2. The Labute approximate surface area is 194 Å². The minimum Gasteiger partial charge on any atom is -0.496 e. The lowest BCUT2D eigenvalue weighted by atomic mass is 9.88. The fourth-order valence-electron chi connectivity index (χ4n) is 4.80. The van der Waals surface area contributed by atoms with Crippen molar-refractivity contribution in [3.63, 3.8) is 0 Å². The zero-order valence-electron chi connectivity index (χ0n) is 18.9. The fraction of sp³-hybridized carbons (Fsp3) is 0.440. The maximum atomic E-state index is 13.5. The molecule has 0 spiro atoms. The van der Waals surface area contributed by atoms with E-state index in [2.05, 4.69) is 6.07 Å². The second-order valence-electron chi connectivity index (χ2n) is 8.77. The molecule has 2 aliphatic heterocycles. The van der Waals surface area contributed by atoms with Crippen molar-refractivity contribution in [2.45, 2.75) is 24.7 Å². The number of anilines is 1. The number of rotatable bonds is 5. The predicted octanol–water partition coefficient (Wildman–Crippen LogP) is 3.75. The molecule has 0 aromatic heterocycles. The Morgan fingerprint density at radius 2 is 1.81 bits per heavy atom. The smallest absolute Gasteiger partial charge is 0.241 e. The van der Waals surface area contributed by atoms with Crippen LogP contribution in [0.2, 0.25) is 5.02 Å². The van der Waals surface area contributed by atoms with Gasteiger partial charge in [0.1, 0.15) is 5.75 Å². The van der Waals surface area contributed by atoms with E-state index < -0.39 is 0 Å². The van der Waals surface area contributed by atoms with Gasteiger partial charge in [-0.2, -0.15) is 0 Å². The third-order valence-electron chi connectivity index (χ3n) is 6.62. The lowest BCUT2D eigenvalue weighted by Gasteiger charge is -2.34. The molecule has 2 aromatic carbocycles. The van der Waals surface area contributed by atoms with Gasteiger partial charge in [0, 0.05) is 44.4 Å². The molecule has 1 unspecified atom stereocenters. The average Bonchev–Trinajstić information content (AvgIpc) is 3.15. The Hall–Kier alpha value is -2.73. The van der Waals surface area contributed by atoms with Crippen molar-refractivity contribution in [2.75, 3.05) is 52.3 Å². The van der Waals surface area contributed by atoms with E-state index in [1.54, 1.807) is 26.1 Å².